The lowest BCUT2D eigenvalue weighted by atomic mass is 10.3. The molecule has 0 amide bonds. The molecule has 0 spiro atoms. The normalized spacial score (nSPS) is 10.5. The molecule has 5 heteroatoms. The number of aliphatic hydroxyl groups is 1. The van der Waals surface area contributed by atoms with Crippen molar-refractivity contribution in [3.05, 3.63) is 0 Å². The first-order valence-electron chi connectivity index (χ1n) is 2.80. The molecule has 0 aliphatic rings. The molecule has 10 heavy (non-hydrogen) atoms. The predicted octanol–water partition coefficient (Wildman–Crippen LogP) is 0.109. The van der Waals surface area contributed by atoms with Gasteiger partial charge in [0.25, 0.3) is 0 Å². The van der Waals surface area contributed by atoms with Crippen LogP contribution in [0.3, 0.4) is 0 Å². The summed E-state index contributed by atoms with van der Waals surface area (Å²) in [6, 6.07) is 0. The van der Waals surface area contributed by atoms with Gasteiger partial charge in [0.05, 0.1) is 6.35 Å². The molecule has 0 saturated carbocycles. The Bertz CT molecular complexity index is 137. The summed E-state index contributed by atoms with van der Waals surface area (Å²) in [4.78, 5) is 10.0. The molecule has 0 aliphatic heterocycles. The molecule has 58 valence electrons. The van der Waals surface area contributed by atoms with Crippen LogP contribution in [-0.4, -0.2) is 34.4 Å². The first kappa shape index (κ1) is 9.53. The zero-order valence-corrected chi connectivity index (χ0v) is 6.42. The van der Waals surface area contributed by atoms with E-state index in [0.29, 0.717) is 14.7 Å². The fourth-order valence-electron chi connectivity index (χ4n) is 0.399. The fourth-order valence-corrected chi connectivity index (χ4v) is 0.984. The molecule has 0 fully saturated rings. The Labute approximate surface area is 60.5 Å². The Morgan fingerprint density at radius 3 is 2.60 bits per heavy atom. The van der Waals surface area contributed by atoms with E-state index in [1.807, 2.05) is 0 Å². The van der Waals surface area contributed by atoms with Crippen molar-refractivity contribution in [2.24, 2.45) is 0 Å². The first-order valence-corrected chi connectivity index (χ1v) is 4.22. The van der Waals surface area contributed by atoms with Crippen molar-refractivity contribution in [1.29, 1.82) is 5.41 Å². The molecule has 0 aromatic heterocycles. The molecular weight excluding hydrogens is 153 g/mol. The topological polar surface area (TPSA) is 81.4 Å². The average molecular weight is 163 g/mol. The predicted molar refractivity (Wildman–Crippen MR) is 40.2 cm³/mol. The van der Waals surface area contributed by atoms with Crippen LogP contribution in [0.1, 0.15) is 6.42 Å². The lowest BCUT2D eigenvalue weighted by molar-refractivity contribution is -0.129. The van der Waals surface area contributed by atoms with Crippen LogP contribution < -0.4 is 0 Å². The van der Waals surface area contributed by atoms with Crippen LogP contribution in [0.2, 0.25) is 0 Å². The number of carboxylic acid groups (broad SMARTS) is 1. The van der Waals surface area contributed by atoms with Crippen LogP contribution in [0.4, 0.5) is 0 Å². The van der Waals surface area contributed by atoms with Gasteiger partial charge in [0.2, 0.25) is 0 Å². The summed E-state index contributed by atoms with van der Waals surface area (Å²) in [5.41, 5.74) is -0.277. The summed E-state index contributed by atoms with van der Waals surface area (Å²) < 4.78 is 0. The second-order valence-electron chi connectivity index (χ2n) is 1.69. The van der Waals surface area contributed by atoms with E-state index in [0.717, 1.165) is 0 Å². The van der Waals surface area contributed by atoms with Gasteiger partial charge in [-0.05, 0) is 6.16 Å². The highest BCUT2D eigenvalue weighted by molar-refractivity contribution is 7.37. The number of carbonyl (C=O) groups is 1. The van der Waals surface area contributed by atoms with Crippen molar-refractivity contribution in [2.75, 3.05) is 12.5 Å². The molecule has 0 aromatic rings. The van der Waals surface area contributed by atoms with Gasteiger partial charge in [-0.15, -0.1) is 0 Å². The second kappa shape index (κ2) is 5.33. The van der Waals surface area contributed by atoms with Gasteiger partial charge in [-0.3, -0.25) is 5.41 Å². The number of hydrogen-bond donors (Lipinski definition) is 3. The lowest BCUT2D eigenvalue weighted by Crippen LogP contribution is -2.11. The fraction of sp³-hybridized carbons (Fsp3) is 0.600. The lowest BCUT2D eigenvalue weighted by Gasteiger charge is -1.95. The average Bonchev–Trinajstić information content (AvgIpc) is 1.88. The highest BCUT2D eigenvalue weighted by Gasteiger charge is 2.04. The zero-order chi connectivity index (χ0) is 7.98. The maximum atomic E-state index is 10.0. The molecule has 0 radical (unpaired) electrons. The van der Waals surface area contributed by atoms with Gasteiger partial charge in [-0.25, -0.2) is 4.79 Å². The third-order valence-corrected chi connectivity index (χ3v) is 1.75. The Hall–Kier alpha value is -0.470. The largest absolute Gasteiger partial charge is 0.477 e. The van der Waals surface area contributed by atoms with Crippen molar-refractivity contribution >= 4 is 20.3 Å². The van der Waals surface area contributed by atoms with E-state index in [4.69, 9.17) is 15.6 Å². The molecule has 0 heterocycles. The second-order valence-corrected chi connectivity index (χ2v) is 3.01. The molecule has 0 saturated heterocycles. The molecule has 0 aromatic carbocycles. The Balaban J connectivity index is 3.31. The van der Waals surface area contributed by atoms with E-state index in [1.54, 1.807) is 0 Å². The standard InChI is InChI=1S/C5H10NO3P/c6-4(5(8)9)1-2-10-3-7/h6-7,10H,1-3H2,(H,8,9). The van der Waals surface area contributed by atoms with E-state index in [2.05, 4.69) is 0 Å². The molecule has 1 unspecified atom stereocenters. The van der Waals surface area contributed by atoms with Crippen LogP contribution in [0.25, 0.3) is 0 Å². The van der Waals surface area contributed by atoms with Crippen LogP contribution >= 0.6 is 8.58 Å². The number of aliphatic carboxylic acids is 1. The number of nitrogens with one attached hydrogen (secondary N) is 1. The summed E-state index contributed by atoms with van der Waals surface area (Å²) >= 11 is 0. The first-order chi connectivity index (χ1) is 4.68. The van der Waals surface area contributed by atoms with Crippen LogP contribution in [-0.2, 0) is 4.79 Å². The molecule has 1 atom stereocenters. The zero-order valence-electron chi connectivity index (χ0n) is 5.42. The minimum absolute atomic E-state index is 0.0902. The van der Waals surface area contributed by atoms with Gasteiger partial charge in [0.15, 0.2) is 0 Å². The molecular formula is C5H10NO3P. The smallest absolute Gasteiger partial charge is 0.349 e. The molecule has 4 nitrogen and oxygen atoms in total. The third kappa shape index (κ3) is 4.41. The summed E-state index contributed by atoms with van der Waals surface area (Å²) in [7, 11) is 0.352. The summed E-state index contributed by atoms with van der Waals surface area (Å²) in [6.07, 6.45) is 0.947. The van der Waals surface area contributed by atoms with Gasteiger partial charge in [-0.1, -0.05) is 8.58 Å². The van der Waals surface area contributed by atoms with Gasteiger partial charge in [-0.2, -0.15) is 0 Å². The molecule has 0 rings (SSSR count). The SMILES string of the molecule is N=C(CCPCO)C(=O)O. The number of aliphatic hydroxyl groups excluding tert-OH is 1. The summed E-state index contributed by atoms with van der Waals surface area (Å²) in [6.45, 7) is 0. The minimum Gasteiger partial charge on any atom is -0.477 e. The van der Waals surface area contributed by atoms with E-state index < -0.39 is 5.97 Å². The van der Waals surface area contributed by atoms with Crippen molar-refractivity contribution in [2.45, 2.75) is 6.42 Å². The van der Waals surface area contributed by atoms with Crippen LogP contribution in [0.5, 0.6) is 0 Å². The Morgan fingerprint density at radius 2 is 2.20 bits per heavy atom. The third-order valence-electron chi connectivity index (χ3n) is 0.922. The van der Waals surface area contributed by atoms with Gasteiger partial charge >= 0.3 is 5.97 Å². The van der Waals surface area contributed by atoms with Crippen molar-refractivity contribution in [3.8, 4) is 0 Å². The van der Waals surface area contributed by atoms with Crippen LogP contribution in [0.15, 0.2) is 0 Å². The monoisotopic (exact) mass is 163 g/mol. The Morgan fingerprint density at radius 1 is 1.60 bits per heavy atom. The maximum Gasteiger partial charge on any atom is 0.349 e. The number of hydrogen-bond acceptors (Lipinski definition) is 3. The number of rotatable bonds is 5. The highest BCUT2D eigenvalue weighted by atomic mass is 31.1. The minimum atomic E-state index is -1.16. The molecule has 3 N–H and O–H groups in total. The van der Waals surface area contributed by atoms with Crippen molar-refractivity contribution < 1.29 is 15.0 Å². The van der Waals surface area contributed by atoms with E-state index in [1.165, 1.54) is 0 Å². The quantitative estimate of drug-likeness (QED) is 0.305. The summed E-state index contributed by atoms with van der Waals surface area (Å²) in [5.74, 6) is -1.16. The molecule has 0 bridgehead atoms. The van der Waals surface area contributed by atoms with E-state index in [-0.39, 0.29) is 18.5 Å². The maximum absolute atomic E-state index is 10.0. The van der Waals surface area contributed by atoms with Gasteiger partial charge in [0.1, 0.15) is 5.71 Å². The van der Waals surface area contributed by atoms with E-state index >= 15 is 0 Å². The Kier molecular flexibility index (Phi) is 5.08. The van der Waals surface area contributed by atoms with Crippen molar-refractivity contribution in [3.63, 3.8) is 0 Å². The highest BCUT2D eigenvalue weighted by Crippen LogP contribution is 2.08. The van der Waals surface area contributed by atoms with Crippen molar-refractivity contribution in [1.82, 2.24) is 0 Å². The van der Waals surface area contributed by atoms with Gasteiger partial charge in [0, 0.05) is 6.42 Å². The van der Waals surface area contributed by atoms with Gasteiger partial charge < -0.3 is 10.2 Å². The number of carboxylic acids is 1. The van der Waals surface area contributed by atoms with E-state index in [9.17, 15) is 4.79 Å². The summed E-state index contributed by atoms with van der Waals surface area (Å²) in [5, 5.41) is 23.4. The van der Waals surface area contributed by atoms with Crippen LogP contribution in [0, 0.1) is 5.41 Å². The molecule has 0 aliphatic carbocycles.